The van der Waals surface area contributed by atoms with Crippen LogP contribution in [0, 0.1) is 17.2 Å². The van der Waals surface area contributed by atoms with E-state index < -0.39 is 16.6 Å². The van der Waals surface area contributed by atoms with Gasteiger partial charge in [-0.25, -0.2) is 4.39 Å². The van der Waals surface area contributed by atoms with Crippen LogP contribution in [0.2, 0.25) is 5.02 Å². The number of nitrogens with zero attached hydrogens (tertiary/aromatic N) is 1. The first-order chi connectivity index (χ1) is 18.8. The lowest BCUT2D eigenvalue weighted by atomic mass is 9.42. The minimum atomic E-state index is -0.992. The van der Waals surface area contributed by atoms with Crippen molar-refractivity contribution in [3.63, 3.8) is 0 Å². The van der Waals surface area contributed by atoms with Crippen LogP contribution in [0.5, 0.6) is 5.75 Å². The Morgan fingerprint density at radius 3 is 2.56 bits per heavy atom. The SMILES string of the molecule is C=C(C(=O)N1CC2C3(c4ccc(Cl)c(F)c4)CCC(c4ccccc43)C2(C(=O)OC)C1)c1ccccc1OC. The van der Waals surface area contributed by atoms with Crippen LogP contribution in [0.1, 0.15) is 41.0 Å². The molecule has 3 aromatic rings. The molecule has 3 aromatic carbocycles. The molecule has 1 saturated carbocycles. The van der Waals surface area contributed by atoms with Gasteiger partial charge in [0, 0.05) is 41.5 Å². The lowest BCUT2D eigenvalue weighted by Crippen LogP contribution is -2.60. The molecule has 1 heterocycles. The Bertz CT molecular complexity index is 1520. The number of para-hydroxylation sites is 1. The minimum Gasteiger partial charge on any atom is -0.496 e. The number of rotatable bonds is 5. The van der Waals surface area contributed by atoms with Crippen LogP contribution in [-0.4, -0.2) is 44.1 Å². The van der Waals surface area contributed by atoms with Gasteiger partial charge in [0.05, 0.1) is 24.7 Å². The van der Waals surface area contributed by atoms with E-state index >= 15 is 0 Å². The molecule has 7 heteroatoms. The fraction of sp³-hybridized carbons (Fsp3) is 0.312. The standard InChI is InChI=1S/C32H29ClFNO4/c1-19(21-8-5-7-11-27(21)38-2)29(36)35-17-28-31(20-12-13-25(33)26(34)16-20)15-14-24(22-9-4-6-10-23(22)31)32(28,18-35)30(37)39-3/h4-13,16,24,28H,1,14-15,17-18H2,2-3H3. The highest BCUT2D eigenvalue weighted by molar-refractivity contribution is 6.30. The summed E-state index contributed by atoms with van der Waals surface area (Å²) in [5.41, 5.74) is 2.09. The summed E-state index contributed by atoms with van der Waals surface area (Å²) < 4.78 is 25.9. The van der Waals surface area contributed by atoms with Gasteiger partial charge < -0.3 is 14.4 Å². The zero-order valence-corrected chi connectivity index (χ0v) is 22.6. The third-order valence-corrected chi connectivity index (χ3v) is 9.62. The zero-order valence-electron chi connectivity index (χ0n) is 21.9. The molecule has 4 atom stereocenters. The van der Waals surface area contributed by atoms with Crippen molar-refractivity contribution in [1.29, 1.82) is 0 Å². The van der Waals surface area contributed by atoms with Gasteiger partial charge in [-0.15, -0.1) is 0 Å². The molecule has 0 radical (unpaired) electrons. The van der Waals surface area contributed by atoms with Gasteiger partial charge in [0.2, 0.25) is 0 Å². The Balaban J connectivity index is 1.52. The molecular formula is C32H29ClFNO4. The molecule has 4 unspecified atom stereocenters. The van der Waals surface area contributed by atoms with Crippen LogP contribution >= 0.6 is 11.6 Å². The molecule has 2 bridgehead atoms. The molecule has 7 rings (SSSR count). The maximum absolute atomic E-state index is 15.0. The highest BCUT2D eigenvalue weighted by Gasteiger charge is 2.71. The van der Waals surface area contributed by atoms with Gasteiger partial charge in [0.15, 0.2) is 0 Å². The van der Waals surface area contributed by atoms with Crippen molar-refractivity contribution < 1.29 is 23.5 Å². The number of amides is 1. The molecule has 0 aromatic heterocycles. The van der Waals surface area contributed by atoms with Gasteiger partial charge >= 0.3 is 5.97 Å². The first kappa shape index (κ1) is 25.6. The van der Waals surface area contributed by atoms with E-state index in [1.165, 1.54) is 13.2 Å². The average molecular weight is 546 g/mol. The van der Waals surface area contributed by atoms with E-state index in [0.29, 0.717) is 36.3 Å². The summed E-state index contributed by atoms with van der Waals surface area (Å²) in [6, 6.07) is 20.3. The summed E-state index contributed by atoms with van der Waals surface area (Å²) in [5, 5.41) is 0.0449. The van der Waals surface area contributed by atoms with Crippen molar-refractivity contribution in [2.45, 2.75) is 24.2 Å². The third-order valence-electron chi connectivity index (χ3n) is 9.32. The summed E-state index contributed by atoms with van der Waals surface area (Å²) in [6.45, 7) is 4.61. The second-order valence-electron chi connectivity index (χ2n) is 10.7. The van der Waals surface area contributed by atoms with Crippen LogP contribution in [0.15, 0.2) is 73.3 Å². The number of halogens is 2. The maximum atomic E-state index is 15.0. The number of esters is 1. The normalized spacial score (nSPS) is 26.5. The fourth-order valence-corrected chi connectivity index (χ4v) is 7.87. The molecular weight excluding hydrogens is 517 g/mol. The van der Waals surface area contributed by atoms with Gasteiger partial charge in [0.1, 0.15) is 11.6 Å². The van der Waals surface area contributed by atoms with E-state index in [4.69, 9.17) is 21.1 Å². The van der Waals surface area contributed by atoms with Crippen LogP contribution in [-0.2, 0) is 19.7 Å². The number of carbonyl (C=O) groups excluding carboxylic acids is 2. The Morgan fingerprint density at radius 1 is 1.08 bits per heavy atom. The third kappa shape index (κ3) is 3.43. The zero-order chi connectivity index (χ0) is 27.5. The predicted molar refractivity (Wildman–Crippen MR) is 147 cm³/mol. The van der Waals surface area contributed by atoms with Gasteiger partial charge in [0.25, 0.3) is 5.91 Å². The number of carbonyl (C=O) groups is 2. The number of benzene rings is 3. The first-order valence-electron chi connectivity index (χ1n) is 13.0. The highest BCUT2D eigenvalue weighted by atomic mass is 35.5. The smallest absolute Gasteiger partial charge is 0.314 e. The van der Waals surface area contributed by atoms with Crippen LogP contribution in [0.4, 0.5) is 4.39 Å². The maximum Gasteiger partial charge on any atom is 0.314 e. The largest absolute Gasteiger partial charge is 0.496 e. The van der Waals surface area contributed by atoms with Crippen LogP contribution < -0.4 is 4.74 Å². The fourth-order valence-electron chi connectivity index (χ4n) is 7.76. The van der Waals surface area contributed by atoms with Gasteiger partial charge in [-0.2, -0.15) is 0 Å². The van der Waals surface area contributed by atoms with E-state index in [9.17, 15) is 14.0 Å². The second-order valence-corrected chi connectivity index (χ2v) is 11.1. The van der Waals surface area contributed by atoms with Crippen molar-refractivity contribution in [3.8, 4) is 5.75 Å². The number of hydrogen-bond donors (Lipinski definition) is 0. The first-order valence-corrected chi connectivity index (χ1v) is 13.4. The van der Waals surface area contributed by atoms with E-state index in [-0.39, 0.29) is 35.3 Å². The second kappa shape index (κ2) is 9.23. The number of ether oxygens (including phenoxy) is 2. The predicted octanol–water partition coefficient (Wildman–Crippen LogP) is 6.00. The lowest BCUT2D eigenvalue weighted by molar-refractivity contribution is -0.161. The van der Waals surface area contributed by atoms with Crippen molar-refractivity contribution >= 4 is 29.1 Å². The molecule has 2 fully saturated rings. The van der Waals surface area contributed by atoms with E-state index in [0.717, 1.165) is 16.7 Å². The Morgan fingerprint density at radius 2 is 1.82 bits per heavy atom. The number of fused-ring (bicyclic) bond motifs is 1. The monoisotopic (exact) mass is 545 g/mol. The average Bonchev–Trinajstić information content (AvgIpc) is 3.41. The van der Waals surface area contributed by atoms with Crippen LogP contribution in [0.3, 0.4) is 0 Å². The van der Waals surface area contributed by atoms with Crippen molar-refractivity contribution in [2.24, 2.45) is 11.3 Å². The molecule has 1 aliphatic heterocycles. The molecule has 1 amide bonds. The molecule has 3 aliphatic carbocycles. The van der Waals surface area contributed by atoms with E-state index in [2.05, 4.69) is 18.7 Å². The molecule has 200 valence electrons. The Kier molecular flexibility index (Phi) is 6.07. The lowest BCUT2D eigenvalue weighted by Gasteiger charge is -2.59. The number of likely N-dealkylation sites (tertiary alicyclic amines) is 1. The molecule has 4 aliphatic rings. The minimum absolute atomic E-state index is 0.0449. The molecule has 39 heavy (non-hydrogen) atoms. The summed E-state index contributed by atoms with van der Waals surface area (Å²) in [7, 11) is 2.95. The molecule has 5 nitrogen and oxygen atoms in total. The Hall–Kier alpha value is -3.64. The quantitative estimate of drug-likeness (QED) is 0.292. The molecule has 0 N–H and O–H groups in total. The number of methoxy groups -OCH3 is 2. The molecule has 1 saturated heterocycles. The van der Waals surface area contributed by atoms with E-state index in [1.54, 1.807) is 30.2 Å². The summed E-state index contributed by atoms with van der Waals surface area (Å²) >= 11 is 6.09. The summed E-state index contributed by atoms with van der Waals surface area (Å²) in [4.78, 5) is 29.6. The van der Waals surface area contributed by atoms with Crippen molar-refractivity contribution in [3.05, 3.63) is 106 Å². The summed E-state index contributed by atoms with van der Waals surface area (Å²) in [5.74, 6) is -1.03. The van der Waals surface area contributed by atoms with Crippen LogP contribution in [0.25, 0.3) is 5.57 Å². The van der Waals surface area contributed by atoms with Gasteiger partial charge in [-0.3, -0.25) is 9.59 Å². The summed E-state index contributed by atoms with van der Waals surface area (Å²) in [6.07, 6.45) is 1.43. The highest BCUT2D eigenvalue weighted by Crippen LogP contribution is 2.69. The molecule has 0 spiro atoms. The van der Waals surface area contributed by atoms with E-state index in [1.807, 2.05) is 30.3 Å². The topological polar surface area (TPSA) is 55.8 Å². The van der Waals surface area contributed by atoms with Gasteiger partial charge in [-0.05, 0) is 47.7 Å². The Labute approximate surface area is 232 Å². The number of hydrogen-bond acceptors (Lipinski definition) is 4. The van der Waals surface area contributed by atoms with Gasteiger partial charge in [-0.1, -0.05) is 66.7 Å². The van der Waals surface area contributed by atoms with Crippen molar-refractivity contribution in [2.75, 3.05) is 27.3 Å². The van der Waals surface area contributed by atoms with Crippen molar-refractivity contribution in [1.82, 2.24) is 4.90 Å².